The van der Waals surface area contributed by atoms with Gasteiger partial charge in [0, 0.05) is 10.6 Å². The minimum Gasteiger partial charge on any atom is -0.265 e. The van der Waals surface area contributed by atoms with Gasteiger partial charge < -0.3 is 0 Å². The molecular formula is C19H13ClN6. The molecule has 5 aromatic rings. The summed E-state index contributed by atoms with van der Waals surface area (Å²) in [5.41, 5.74) is 4.45. The Morgan fingerprint density at radius 1 is 0.962 bits per heavy atom. The van der Waals surface area contributed by atoms with Crippen molar-refractivity contribution < 1.29 is 0 Å². The van der Waals surface area contributed by atoms with E-state index in [-0.39, 0.29) is 0 Å². The molecule has 0 fully saturated rings. The Labute approximate surface area is 153 Å². The molecule has 0 spiro atoms. The molecule has 0 bridgehead atoms. The molecular weight excluding hydrogens is 348 g/mol. The van der Waals surface area contributed by atoms with Crippen molar-refractivity contribution in [3.8, 4) is 17.1 Å². The van der Waals surface area contributed by atoms with Gasteiger partial charge in [0.2, 0.25) is 0 Å². The van der Waals surface area contributed by atoms with Crippen molar-refractivity contribution in [3.63, 3.8) is 0 Å². The van der Waals surface area contributed by atoms with Crippen LogP contribution in [0.15, 0.2) is 61.1 Å². The zero-order chi connectivity index (χ0) is 17.7. The van der Waals surface area contributed by atoms with E-state index in [0.29, 0.717) is 10.7 Å². The van der Waals surface area contributed by atoms with Crippen molar-refractivity contribution in [2.24, 2.45) is 0 Å². The first kappa shape index (κ1) is 15.0. The summed E-state index contributed by atoms with van der Waals surface area (Å²) in [6.07, 6.45) is 3.49. The lowest BCUT2D eigenvalue weighted by atomic mass is 10.1. The van der Waals surface area contributed by atoms with Gasteiger partial charge in [0.15, 0.2) is 17.1 Å². The number of benzene rings is 2. The quantitative estimate of drug-likeness (QED) is 0.475. The second kappa shape index (κ2) is 5.64. The molecule has 26 heavy (non-hydrogen) atoms. The van der Waals surface area contributed by atoms with E-state index >= 15 is 0 Å². The van der Waals surface area contributed by atoms with E-state index in [9.17, 15) is 0 Å². The van der Waals surface area contributed by atoms with E-state index in [1.807, 2.05) is 40.8 Å². The number of hydrogen-bond donors (Lipinski definition) is 0. The molecule has 5 rings (SSSR count). The van der Waals surface area contributed by atoms with E-state index in [4.69, 9.17) is 11.6 Å². The average molecular weight is 361 g/mol. The van der Waals surface area contributed by atoms with Gasteiger partial charge in [-0.1, -0.05) is 41.4 Å². The molecule has 0 aliphatic carbocycles. The minimum atomic E-state index is 0.649. The maximum atomic E-state index is 6.10. The summed E-state index contributed by atoms with van der Waals surface area (Å²) in [4.78, 5) is 4.60. The van der Waals surface area contributed by atoms with Crippen LogP contribution < -0.4 is 0 Å². The maximum absolute atomic E-state index is 6.10. The first-order valence-electron chi connectivity index (χ1n) is 8.11. The lowest BCUT2D eigenvalue weighted by Crippen LogP contribution is -1.99. The fourth-order valence-electron chi connectivity index (χ4n) is 3.10. The van der Waals surface area contributed by atoms with Gasteiger partial charge in [0.05, 0.1) is 17.3 Å². The van der Waals surface area contributed by atoms with Crippen LogP contribution in [0.25, 0.3) is 33.8 Å². The van der Waals surface area contributed by atoms with Gasteiger partial charge in [-0.25, -0.2) is 9.67 Å². The second-order valence-corrected chi connectivity index (χ2v) is 6.54. The van der Waals surface area contributed by atoms with Crippen LogP contribution in [0, 0.1) is 6.92 Å². The summed E-state index contributed by atoms with van der Waals surface area (Å²) in [5, 5.41) is 14.7. The number of aryl methyl sites for hydroxylation is 1. The fraction of sp³-hybridized carbons (Fsp3) is 0.0526. The molecule has 0 radical (unpaired) electrons. The van der Waals surface area contributed by atoms with Crippen LogP contribution in [0.3, 0.4) is 0 Å². The number of nitrogens with zero attached hydrogens (tertiary/aromatic N) is 6. The number of aromatic nitrogens is 6. The Morgan fingerprint density at radius 3 is 2.69 bits per heavy atom. The molecule has 0 atom stereocenters. The van der Waals surface area contributed by atoms with E-state index in [2.05, 4.69) is 39.3 Å². The SMILES string of the molecule is Cc1cccc(-c2nnc3c4cnn(-c5cccc(Cl)c5)c4ncn23)c1. The molecule has 6 nitrogen and oxygen atoms in total. The third-order valence-electron chi connectivity index (χ3n) is 4.31. The fourth-order valence-corrected chi connectivity index (χ4v) is 3.28. The minimum absolute atomic E-state index is 0.649. The third-order valence-corrected chi connectivity index (χ3v) is 4.54. The number of fused-ring (bicyclic) bond motifs is 3. The molecule has 7 heteroatoms. The Hall–Kier alpha value is -3.25. The number of hydrogen-bond acceptors (Lipinski definition) is 4. The number of rotatable bonds is 2. The van der Waals surface area contributed by atoms with Gasteiger partial charge in [-0.15, -0.1) is 10.2 Å². The van der Waals surface area contributed by atoms with Gasteiger partial charge in [0.25, 0.3) is 0 Å². The Kier molecular flexibility index (Phi) is 3.26. The van der Waals surface area contributed by atoms with Gasteiger partial charge in [-0.05, 0) is 31.2 Å². The molecule has 126 valence electrons. The van der Waals surface area contributed by atoms with Crippen LogP contribution in [0.5, 0.6) is 0 Å². The van der Waals surface area contributed by atoms with Crippen molar-refractivity contribution in [1.29, 1.82) is 0 Å². The van der Waals surface area contributed by atoms with Crippen LogP contribution in [0.2, 0.25) is 5.02 Å². The van der Waals surface area contributed by atoms with Gasteiger partial charge >= 0.3 is 0 Å². The molecule has 0 saturated heterocycles. The first-order valence-corrected chi connectivity index (χ1v) is 8.49. The molecule has 0 amide bonds. The predicted molar refractivity (Wildman–Crippen MR) is 101 cm³/mol. The zero-order valence-corrected chi connectivity index (χ0v) is 14.6. The first-order chi connectivity index (χ1) is 12.7. The molecule has 0 aliphatic rings. The summed E-state index contributed by atoms with van der Waals surface area (Å²) in [7, 11) is 0. The molecule has 3 heterocycles. The predicted octanol–water partition coefficient (Wildman–Crippen LogP) is 4.09. The van der Waals surface area contributed by atoms with Crippen molar-refractivity contribution in [3.05, 3.63) is 71.6 Å². The van der Waals surface area contributed by atoms with E-state index in [1.165, 1.54) is 5.56 Å². The molecule has 0 unspecified atom stereocenters. The summed E-state index contributed by atoms with van der Waals surface area (Å²) >= 11 is 6.10. The van der Waals surface area contributed by atoms with Crippen LogP contribution in [-0.2, 0) is 0 Å². The second-order valence-electron chi connectivity index (χ2n) is 6.10. The highest BCUT2D eigenvalue weighted by Gasteiger charge is 2.15. The Balaban J connectivity index is 1.73. The monoisotopic (exact) mass is 360 g/mol. The molecule has 0 saturated carbocycles. The standard InChI is InChI=1S/C19H13ClN6/c1-12-4-2-5-13(8-12)17-23-24-19-16-10-22-26(18(16)21-11-25(17)19)15-7-3-6-14(20)9-15/h2-11H,1H3. The summed E-state index contributed by atoms with van der Waals surface area (Å²) in [5.74, 6) is 0.758. The lowest BCUT2D eigenvalue weighted by Gasteiger charge is -2.04. The zero-order valence-electron chi connectivity index (χ0n) is 13.8. The number of halogens is 1. The largest absolute Gasteiger partial charge is 0.265 e. The van der Waals surface area contributed by atoms with Crippen molar-refractivity contribution >= 4 is 28.3 Å². The van der Waals surface area contributed by atoms with Crippen LogP contribution in [0.1, 0.15) is 5.56 Å². The Bertz CT molecular complexity index is 1170. The van der Waals surface area contributed by atoms with Crippen LogP contribution in [0.4, 0.5) is 0 Å². The van der Waals surface area contributed by atoms with Gasteiger partial charge in [-0.2, -0.15) is 5.10 Å². The maximum Gasteiger partial charge on any atom is 0.175 e. The van der Waals surface area contributed by atoms with Gasteiger partial charge in [-0.3, -0.25) is 4.40 Å². The van der Waals surface area contributed by atoms with E-state index < -0.39 is 0 Å². The molecule has 0 aliphatic heterocycles. The van der Waals surface area contributed by atoms with Crippen molar-refractivity contribution in [2.45, 2.75) is 6.92 Å². The van der Waals surface area contributed by atoms with Crippen LogP contribution in [-0.4, -0.2) is 29.4 Å². The lowest BCUT2D eigenvalue weighted by molar-refractivity contribution is 0.893. The Morgan fingerprint density at radius 2 is 1.85 bits per heavy atom. The molecule has 2 aromatic carbocycles. The smallest absolute Gasteiger partial charge is 0.175 e. The molecule has 0 N–H and O–H groups in total. The van der Waals surface area contributed by atoms with E-state index in [1.54, 1.807) is 17.2 Å². The van der Waals surface area contributed by atoms with Crippen molar-refractivity contribution in [2.75, 3.05) is 0 Å². The summed E-state index contributed by atoms with van der Waals surface area (Å²) in [6.45, 7) is 2.05. The average Bonchev–Trinajstić information content (AvgIpc) is 3.25. The highest BCUT2D eigenvalue weighted by Crippen LogP contribution is 2.25. The normalized spacial score (nSPS) is 11.5. The van der Waals surface area contributed by atoms with E-state index in [0.717, 1.165) is 28.1 Å². The topological polar surface area (TPSA) is 60.9 Å². The summed E-state index contributed by atoms with van der Waals surface area (Å²) in [6, 6.07) is 15.7. The van der Waals surface area contributed by atoms with Crippen molar-refractivity contribution in [1.82, 2.24) is 29.4 Å². The highest BCUT2D eigenvalue weighted by molar-refractivity contribution is 6.30. The van der Waals surface area contributed by atoms with Crippen LogP contribution >= 0.6 is 11.6 Å². The molecule has 3 aromatic heterocycles. The van der Waals surface area contributed by atoms with Gasteiger partial charge in [0.1, 0.15) is 6.33 Å². The highest BCUT2D eigenvalue weighted by atomic mass is 35.5. The summed E-state index contributed by atoms with van der Waals surface area (Å²) < 4.78 is 3.64. The third kappa shape index (κ3) is 2.27.